The Labute approximate surface area is 211 Å². The number of anilines is 1. The lowest BCUT2D eigenvalue weighted by molar-refractivity contribution is 0.0602. The van der Waals surface area contributed by atoms with Gasteiger partial charge in [0.2, 0.25) is 0 Å². The predicted molar refractivity (Wildman–Crippen MR) is 139 cm³/mol. The van der Waals surface area contributed by atoms with Crippen molar-refractivity contribution < 1.29 is 18.7 Å². The van der Waals surface area contributed by atoms with Crippen molar-refractivity contribution in [1.82, 2.24) is 0 Å². The van der Waals surface area contributed by atoms with Crippen molar-refractivity contribution in [2.45, 2.75) is 64.7 Å². The van der Waals surface area contributed by atoms with Gasteiger partial charge in [-0.15, -0.1) is 0 Å². The summed E-state index contributed by atoms with van der Waals surface area (Å²) in [6.45, 7) is 11.4. The maximum absolute atomic E-state index is 12.9. The number of furan rings is 1. The maximum atomic E-state index is 12.9. The molecule has 1 N–H and O–H groups in total. The summed E-state index contributed by atoms with van der Waals surface area (Å²) in [5.74, 6) is -0.168. The minimum absolute atomic E-state index is 0.121. The number of halogens is 1. The first kappa shape index (κ1) is 25.1. The molecule has 1 amide bonds. The summed E-state index contributed by atoms with van der Waals surface area (Å²) in [5.41, 5.74) is 6.00. The summed E-state index contributed by atoms with van der Waals surface area (Å²) in [6, 6.07) is 12.7. The topological polar surface area (TPSA) is 68.5 Å². The molecule has 0 fully saturated rings. The first-order valence-corrected chi connectivity index (χ1v) is 12.2. The minimum atomic E-state index is -0.564. The number of ether oxygens (including phenoxy) is 1. The molecule has 2 aromatic carbocycles. The highest BCUT2D eigenvalue weighted by molar-refractivity contribution is 6.31. The number of nitrogens with one attached hydrogen (secondary N) is 1. The van der Waals surface area contributed by atoms with Crippen LogP contribution in [0.5, 0.6) is 0 Å². The number of carbonyl (C=O) groups is 2. The monoisotopic (exact) mass is 493 g/mol. The number of methoxy groups -OCH3 is 1. The van der Waals surface area contributed by atoms with Crippen LogP contribution >= 0.6 is 11.6 Å². The van der Waals surface area contributed by atoms with Gasteiger partial charge < -0.3 is 14.5 Å². The standard InChI is InChI=1S/C29H32ClNO4/c1-17-13-22-23(29(4,5)12-11-28(22,2)3)15-18(17)14-20-8-10-25(35-20)26(32)31-24-16-19(30)7-9-21(24)27(33)34-6/h7-10,13,15-16H,11-12,14H2,1-6H3,(H,31,32). The van der Waals surface area contributed by atoms with E-state index in [1.165, 1.54) is 47.9 Å². The van der Waals surface area contributed by atoms with Crippen LogP contribution in [0.25, 0.3) is 0 Å². The SMILES string of the molecule is COC(=O)c1ccc(Cl)cc1NC(=O)c1ccc(Cc2cc3c(cc2C)C(C)(C)CCC3(C)C)o1. The molecule has 0 bridgehead atoms. The fourth-order valence-electron chi connectivity index (χ4n) is 4.83. The minimum Gasteiger partial charge on any atom is -0.465 e. The van der Waals surface area contributed by atoms with E-state index in [1.54, 1.807) is 12.1 Å². The van der Waals surface area contributed by atoms with Crippen molar-refractivity contribution in [2.75, 3.05) is 12.4 Å². The quantitative estimate of drug-likeness (QED) is 0.381. The van der Waals surface area contributed by atoms with Crippen LogP contribution in [0.2, 0.25) is 5.02 Å². The van der Waals surface area contributed by atoms with Crippen molar-refractivity contribution in [3.05, 3.63) is 86.8 Å². The van der Waals surface area contributed by atoms with E-state index in [0.717, 1.165) is 6.42 Å². The highest BCUT2D eigenvalue weighted by Gasteiger charge is 2.37. The second kappa shape index (κ2) is 9.19. The molecule has 0 atom stereocenters. The maximum Gasteiger partial charge on any atom is 0.339 e. The number of aryl methyl sites for hydroxylation is 1. The van der Waals surface area contributed by atoms with Gasteiger partial charge in [-0.3, -0.25) is 4.79 Å². The molecular formula is C29H32ClNO4. The molecule has 4 rings (SSSR count). The molecule has 1 aliphatic carbocycles. The van der Waals surface area contributed by atoms with Crippen LogP contribution in [0.15, 0.2) is 46.9 Å². The summed E-state index contributed by atoms with van der Waals surface area (Å²) >= 11 is 6.06. The molecule has 1 aliphatic rings. The third-order valence-corrected chi connectivity index (χ3v) is 7.43. The zero-order chi connectivity index (χ0) is 25.5. The number of fused-ring (bicyclic) bond motifs is 1. The van der Waals surface area contributed by atoms with Crippen molar-refractivity contribution in [2.24, 2.45) is 0 Å². The molecule has 5 nitrogen and oxygen atoms in total. The fraction of sp³-hybridized carbons (Fsp3) is 0.379. The number of hydrogen-bond donors (Lipinski definition) is 1. The zero-order valence-electron chi connectivity index (χ0n) is 21.2. The molecule has 6 heteroatoms. The normalized spacial score (nSPS) is 15.9. The van der Waals surface area contributed by atoms with Gasteiger partial charge >= 0.3 is 5.97 Å². The number of rotatable bonds is 5. The van der Waals surface area contributed by atoms with Crippen molar-refractivity contribution in [3.63, 3.8) is 0 Å². The molecule has 0 aliphatic heterocycles. The summed E-state index contributed by atoms with van der Waals surface area (Å²) in [4.78, 5) is 24.9. The molecule has 0 saturated carbocycles. The predicted octanol–water partition coefficient (Wildman–Crippen LogP) is 7.22. The number of esters is 1. The van der Waals surface area contributed by atoms with Crippen LogP contribution in [0.1, 0.15) is 89.5 Å². The third kappa shape index (κ3) is 5.01. The Kier molecular flexibility index (Phi) is 6.58. The van der Waals surface area contributed by atoms with Crippen LogP contribution in [0.4, 0.5) is 5.69 Å². The molecule has 0 unspecified atom stereocenters. The van der Waals surface area contributed by atoms with Crippen LogP contribution in [0.3, 0.4) is 0 Å². The molecule has 0 radical (unpaired) electrons. The van der Waals surface area contributed by atoms with E-state index in [4.69, 9.17) is 20.8 Å². The summed E-state index contributed by atoms with van der Waals surface area (Å²) in [7, 11) is 1.28. The Morgan fingerprint density at radius 2 is 1.66 bits per heavy atom. The van der Waals surface area contributed by atoms with E-state index in [0.29, 0.717) is 17.2 Å². The van der Waals surface area contributed by atoms with Crippen LogP contribution in [0, 0.1) is 6.92 Å². The molecule has 1 aromatic heterocycles. The molecule has 1 heterocycles. The van der Waals surface area contributed by atoms with Crippen molar-refractivity contribution in [1.29, 1.82) is 0 Å². The third-order valence-electron chi connectivity index (χ3n) is 7.19. The molecule has 0 spiro atoms. The van der Waals surface area contributed by atoms with Crippen molar-refractivity contribution in [3.8, 4) is 0 Å². The summed E-state index contributed by atoms with van der Waals surface area (Å²) in [6.07, 6.45) is 2.91. The average Bonchev–Trinajstić information content (AvgIpc) is 3.26. The van der Waals surface area contributed by atoms with E-state index >= 15 is 0 Å². The molecule has 3 aromatic rings. The van der Waals surface area contributed by atoms with Gasteiger partial charge in [0.05, 0.1) is 18.4 Å². The summed E-state index contributed by atoms with van der Waals surface area (Å²) in [5, 5.41) is 3.10. The number of amides is 1. The van der Waals surface area contributed by atoms with Crippen LogP contribution in [-0.4, -0.2) is 19.0 Å². The summed E-state index contributed by atoms with van der Waals surface area (Å²) < 4.78 is 10.7. The average molecular weight is 494 g/mol. The highest BCUT2D eigenvalue weighted by Crippen LogP contribution is 2.46. The van der Waals surface area contributed by atoms with Gasteiger partial charge in [0.1, 0.15) is 5.76 Å². The second-order valence-corrected chi connectivity index (χ2v) is 11.1. The first-order valence-electron chi connectivity index (χ1n) is 11.8. The van der Waals surface area contributed by atoms with E-state index in [2.05, 4.69) is 52.1 Å². The molecular weight excluding hydrogens is 462 g/mol. The van der Waals surface area contributed by atoms with Gasteiger partial charge in [-0.25, -0.2) is 4.79 Å². The van der Waals surface area contributed by atoms with Gasteiger partial charge in [-0.2, -0.15) is 0 Å². The highest BCUT2D eigenvalue weighted by atomic mass is 35.5. The fourth-order valence-corrected chi connectivity index (χ4v) is 5.00. The van der Waals surface area contributed by atoms with Crippen LogP contribution in [-0.2, 0) is 22.0 Å². The van der Waals surface area contributed by atoms with Gasteiger partial charge in [0.25, 0.3) is 5.91 Å². The van der Waals surface area contributed by atoms with E-state index < -0.39 is 11.9 Å². The Balaban J connectivity index is 1.57. The lowest BCUT2D eigenvalue weighted by Gasteiger charge is -2.42. The lowest BCUT2D eigenvalue weighted by atomic mass is 9.62. The van der Waals surface area contributed by atoms with E-state index in [9.17, 15) is 9.59 Å². The van der Waals surface area contributed by atoms with Crippen molar-refractivity contribution >= 4 is 29.2 Å². The van der Waals surface area contributed by atoms with E-state index in [-0.39, 0.29) is 27.8 Å². The number of benzene rings is 2. The molecule has 0 saturated heterocycles. The Morgan fingerprint density at radius 3 is 2.31 bits per heavy atom. The van der Waals surface area contributed by atoms with Crippen LogP contribution < -0.4 is 5.32 Å². The Bertz CT molecular complexity index is 1300. The molecule has 35 heavy (non-hydrogen) atoms. The van der Waals surface area contributed by atoms with Gasteiger partial charge in [-0.1, -0.05) is 51.4 Å². The van der Waals surface area contributed by atoms with Gasteiger partial charge in [-0.05, 0) is 83.2 Å². The smallest absolute Gasteiger partial charge is 0.339 e. The first-order chi connectivity index (χ1) is 16.4. The van der Waals surface area contributed by atoms with Gasteiger partial charge in [0, 0.05) is 11.4 Å². The number of hydrogen-bond acceptors (Lipinski definition) is 4. The Morgan fingerprint density at radius 1 is 1.00 bits per heavy atom. The Hall–Kier alpha value is -3.05. The number of carbonyl (C=O) groups excluding carboxylic acids is 2. The van der Waals surface area contributed by atoms with E-state index in [1.807, 2.05) is 6.07 Å². The molecule has 184 valence electrons. The lowest BCUT2D eigenvalue weighted by Crippen LogP contribution is -2.34. The largest absolute Gasteiger partial charge is 0.465 e. The van der Waals surface area contributed by atoms with Gasteiger partial charge in [0.15, 0.2) is 5.76 Å². The zero-order valence-corrected chi connectivity index (χ0v) is 21.9. The second-order valence-electron chi connectivity index (χ2n) is 10.7.